The third kappa shape index (κ3) is 3.25. The number of hydrogen-bond donors (Lipinski definition) is 1. The zero-order valence-corrected chi connectivity index (χ0v) is 18.3. The van der Waals surface area contributed by atoms with Crippen molar-refractivity contribution in [3.8, 4) is 0 Å². The van der Waals surface area contributed by atoms with Crippen molar-refractivity contribution in [2.24, 2.45) is 33.8 Å². The average molecular weight is 381 g/mol. The van der Waals surface area contributed by atoms with Gasteiger partial charge in [-0.1, -0.05) is 51.1 Å². The Balaban J connectivity index is 1.44. The molecule has 5 rings (SSSR count). The van der Waals surface area contributed by atoms with Crippen molar-refractivity contribution < 1.29 is 0 Å². The lowest BCUT2D eigenvalue weighted by molar-refractivity contribution is 0.0179. The molecule has 2 N–H and O–H groups in total. The molecule has 3 bridgehead atoms. The molecule has 3 unspecified atom stereocenters. The third-order valence-corrected chi connectivity index (χ3v) is 9.37. The molecule has 1 heterocycles. The molecule has 1 aromatic carbocycles. The van der Waals surface area contributed by atoms with Gasteiger partial charge in [0.2, 0.25) is 0 Å². The van der Waals surface area contributed by atoms with Gasteiger partial charge in [0.1, 0.15) is 0 Å². The average Bonchev–Trinajstić information content (AvgIpc) is 2.82. The molecule has 0 aromatic heterocycles. The Kier molecular flexibility index (Phi) is 4.49. The summed E-state index contributed by atoms with van der Waals surface area (Å²) < 4.78 is 0. The Hall–Kier alpha value is -0.860. The molecule has 0 radical (unpaired) electrons. The van der Waals surface area contributed by atoms with E-state index in [1.165, 1.54) is 58.2 Å². The van der Waals surface area contributed by atoms with Crippen LogP contribution in [0.1, 0.15) is 77.2 Å². The van der Waals surface area contributed by atoms with Gasteiger partial charge in [-0.05, 0) is 91.1 Å². The zero-order chi connectivity index (χ0) is 19.6. The van der Waals surface area contributed by atoms with Gasteiger partial charge in [-0.3, -0.25) is 0 Å². The second-order valence-corrected chi connectivity index (χ2v) is 12.2. The lowest BCUT2D eigenvalue weighted by Crippen LogP contribution is -2.55. The molecule has 2 nitrogen and oxygen atoms in total. The second kappa shape index (κ2) is 6.57. The summed E-state index contributed by atoms with van der Waals surface area (Å²) in [5.74, 6) is 2.69. The maximum absolute atomic E-state index is 6.45. The fraction of sp³-hybridized carbons (Fsp3) is 0.769. The maximum atomic E-state index is 6.45. The maximum Gasteiger partial charge on any atom is 0.0115 e. The quantitative estimate of drug-likeness (QED) is 0.757. The monoisotopic (exact) mass is 380 g/mol. The standard InChI is InChI=1S/C26H40N2/c1-24(2)17-28(10-9-23(24)27)18-26-13-19-11-22(16-26)25(3,12-19)14-21(15-26)20-7-5-4-6-8-20/h4-8,19,21-23H,9-18,27H2,1-3H3/t19?,21-,22?,23+,25-,26?/m1/s1. The van der Waals surface area contributed by atoms with Crippen molar-refractivity contribution in [1.82, 2.24) is 4.90 Å². The van der Waals surface area contributed by atoms with Gasteiger partial charge in [-0.25, -0.2) is 0 Å². The summed E-state index contributed by atoms with van der Waals surface area (Å²) in [6.07, 6.45) is 9.93. The fourth-order valence-corrected chi connectivity index (χ4v) is 8.12. The van der Waals surface area contributed by atoms with Crippen molar-refractivity contribution in [2.75, 3.05) is 19.6 Å². The van der Waals surface area contributed by atoms with Crippen LogP contribution in [0.5, 0.6) is 0 Å². The first kappa shape index (κ1) is 19.1. The van der Waals surface area contributed by atoms with Crippen molar-refractivity contribution in [2.45, 2.75) is 77.7 Å². The minimum Gasteiger partial charge on any atom is -0.327 e. The van der Waals surface area contributed by atoms with Crippen molar-refractivity contribution in [1.29, 1.82) is 0 Å². The van der Waals surface area contributed by atoms with E-state index < -0.39 is 0 Å². The molecule has 4 fully saturated rings. The Labute approximate surface area is 172 Å². The predicted octanol–water partition coefficient (Wildman–Crippen LogP) is 5.44. The number of fused-ring (bicyclic) bond motifs is 2. The van der Waals surface area contributed by atoms with Crippen molar-refractivity contribution >= 4 is 0 Å². The van der Waals surface area contributed by atoms with Gasteiger partial charge in [0.15, 0.2) is 0 Å². The molecule has 3 aliphatic carbocycles. The van der Waals surface area contributed by atoms with E-state index in [-0.39, 0.29) is 5.41 Å². The number of benzene rings is 1. The summed E-state index contributed by atoms with van der Waals surface area (Å²) in [7, 11) is 0. The van der Waals surface area contributed by atoms with Crippen LogP contribution < -0.4 is 5.73 Å². The molecule has 1 aromatic rings. The molecule has 28 heavy (non-hydrogen) atoms. The van der Waals surface area contributed by atoms with Gasteiger partial charge >= 0.3 is 0 Å². The highest BCUT2D eigenvalue weighted by atomic mass is 15.2. The zero-order valence-electron chi connectivity index (χ0n) is 18.3. The molecule has 154 valence electrons. The van der Waals surface area contributed by atoms with Gasteiger partial charge in [0, 0.05) is 19.1 Å². The van der Waals surface area contributed by atoms with E-state index in [2.05, 4.69) is 56.0 Å². The predicted molar refractivity (Wildman–Crippen MR) is 117 cm³/mol. The van der Waals surface area contributed by atoms with Crippen LogP contribution in [0.25, 0.3) is 0 Å². The Morgan fingerprint density at radius 1 is 1.00 bits per heavy atom. The summed E-state index contributed by atoms with van der Waals surface area (Å²) in [5.41, 5.74) is 9.40. The minimum absolute atomic E-state index is 0.251. The van der Waals surface area contributed by atoms with Crippen molar-refractivity contribution in [3.05, 3.63) is 35.9 Å². The Morgan fingerprint density at radius 3 is 2.54 bits per heavy atom. The molecule has 0 spiro atoms. The van der Waals surface area contributed by atoms with Gasteiger partial charge in [0.25, 0.3) is 0 Å². The van der Waals surface area contributed by atoms with Crippen LogP contribution >= 0.6 is 0 Å². The molecular weight excluding hydrogens is 340 g/mol. The number of nitrogens with zero attached hydrogens (tertiary/aromatic N) is 1. The van der Waals surface area contributed by atoms with Crippen molar-refractivity contribution in [3.63, 3.8) is 0 Å². The number of rotatable bonds is 3. The summed E-state index contributed by atoms with van der Waals surface area (Å²) in [6, 6.07) is 11.8. The summed E-state index contributed by atoms with van der Waals surface area (Å²) >= 11 is 0. The SMILES string of the molecule is CC1(C)CN(CC23CC4CC(C2)[C@](C)(C4)C[C@@H](c2ccccc2)C3)CC[C@@H]1N. The van der Waals surface area contributed by atoms with Crippen LogP contribution in [0.4, 0.5) is 0 Å². The van der Waals surface area contributed by atoms with E-state index in [4.69, 9.17) is 5.73 Å². The topological polar surface area (TPSA) is 29.3 Å². The summed E-state index contributed by atoms with van der Waals surface area (Å²) in [4.78, 5) is 2.80. The first-order chi connectivity index (χ1) is 13.3. The van der Waals surface area contributed by atoms with Crippen LogP contribution in [-0.4, -0.2) is 30.6 Å². The molecule has 0 amide bonds. The molecule has 2 heteroatoms. The number of piperidine rings is 1. The van der Waals surface area contributed by atoms with Crippen LogP contribution in [0.15, 0.2) is 30.3 Å². The van der Waals surface area contributed by atoms with E-state index >= 15 is 0 Å². The Bertz CT molecular complexity index is 712. The van der Waals surface area contributed by atoms with E-state index in [1.54, 1.807) is 5.56 Å². The minimum atomic E-state index is 0.251. The largest absolute Gasteiger partial charge is 0.327 e. The highest BCUT2D eigenvalue weighted by Crippen LogP contribution is 2.66. The second-order valence-electron chi connectivity index (χ2n) is 12.2. The normalized spacial score (nSPS) is 45.1. The van der Waals surface area contributed by atoms with Gasteiger partial charge < -0.3 is 10.6 Å². The molecule has 6 atom stereocenters. The lowest BCUT2D eigenvalue weighted by Gasteiger charge is -2.49. The van der Waals surface area contributed by atoms with Crippen LogP contribution in [0, 0.1) is 28.1 Å². The Morgan fingerprint density at radius 2 is 1.79 bits per heavy atom. The first-order valence-corrected chi connectivity index (χ1v) is 11.8. The van der Waals surface area contributed by atoms with E-state index in [0.29, 0.717) is 16.9 Å². The van der Waals surface area contributed by atoms with Gasteiger partial charge in [0.05, 0.1) is 0 Å². The summed E-state index contributed by atoms with van der Waals surface area (Å²) in [5, 5.41) is 0. The highest BCUT2D eigenvalue weighted by Gasteiger charge is 2.57. The number of hydrogen-bond acceptors (Lipinski definition) is 2. The van der Waals surface area contributed by atoms with Gasteiger partial charge in [-0.2, -0.15) is 0 Å². The van der Waals surface area contributed by atoms with Gasteiger partial charge in [-0.15, -0.1) is 0 Å². The number of nitrogens with two attached hydrogens (primary N) is 1. The van der Waals surface area contributed by atoms with Crippen LogP contribution in [0.3, 0.4) is 0 Å². The third-order valence-electron chi connectivity index (χ3n) is 9.37. The molecule has 3 saturated carbocycles. The fourth-order valence-electron chi connectivity index (χ4n) is 8.12. The summed E-state index contributed by atoms with van der Waals surface area (Å²) in [6.45, 7) is 11.1. The molecule has 1 saturated heterocycles. The lowest BCUT2D eigenvalue weighted by atomic mass is 9.64. The van der Waals surface area contributed by atoms with E-state index in [0.717, 1.165) is 24.2 Å². The molecular formula is C26H40N2. The van der Waals surface area contributed by atoms with E-state index in [1.807, 2.05) is 0 Å². The van der Waals surface area contributed by atoms with E-state index in [9.17, 15) is 0 Å². The molecule has 4 aliphatic rings. The molecule has 1 aliphatic heterocycles. The first-order valence-electron chi connectivity index (χ1n) is 11.8. The number of likely N-dealkylation sites (tertiary alicyclic amines) is 1. The smallest absolute Gasteiger partial charge is 0.0115 e. The van der Waals surface area contributed by atoms with Crippen LogP contribution in [-0.2, 0) is 0 Å². The van der Waals surface area contributed by atoms with Crippen LogP contribution in [0.2, 0.25) is 0 Å². The highest BCUT2D eigenvalue weighted by molar-refractivity contribution is 5.23.